The highest BCUT2D eigenvalue weighted by molar-refractivity contribution is 5.85. The standard InChI is InChI=1S/C7H9FN2O2/c1-3-10-4(2)5(8)6(9-10)7(11)12/h3H2,1-2H3,(H,11,12). The number of aromatic carboxylic acids is 1. The van der Waals surface area contributed by atoms with Crippen LogP contribution in [0.3, 0.4) is 0 Å². The van der Waals surface area contributed by atoms with Crippen LogP contribution in [-0.2, 0) is 6.54 Å². The first-order valence-electron chi connectivity index (χ1n) is 3.54. The van der Waals surface area contributed by atoms with Crippen molar-refractivity contribution in [3.63, 3.8) is 0 Å². The van der Waals surface area contributed by atoms with Crippen molar-refractivity contribution in [2.24, 2.45) is 0 Å². The number of rotatable bonds is 2. The van der Waals surface area contributed by atoms with Gasteiger partial charge in [0.25, 0.3) is 0 Å². The molecule has 0 saturated carbocycles. The summed E-state index contributed by atoms with van der Waals surface area (Å²) in [5.74, 6) is -2.08. The Morgan fingerprint density at radius 1 is 1.75 bits per heavy atom. The van der Waals surface area contributed by atoms with E-state index in [2.05, 4.69) is 5.10 Å². The summed E-state index contributed by atoms with van der Waals surface area (Å²) in [6.07, 6.45) is 0. The fourth-order valence-electron chi connectivity index (χ4n) is 0.969. The van der Waals surface area contributed by atoms with Crippen molar-refractivity contribution in [2.45, 2.75) is 20.4 Å². The largest absolute Gasteiger partial charge is 0.476 e. The maximum atomic E-state index is 13.0. The van der Waals surface area contributed by atoms with E-state index in [0.29, 0.717) is 6.54 Å². The van der Waals surface area contributed by atoms with E-state index in [9.17, 15) is 9.18 Å². The number of nitrogens with zero attached hydrogens (tertiary/aromatic N) is 2. The number of carbonyl (C=O) groups is 1. The lowest BCUT2D eigenvalue weighted by atomic mass is 10.3. The van der Waals surface area contributed by atoms with Gasteiger partial charge in [0.05, 0.1) is 5.69 Å². The molecule has 0 unspecified atom stereocenters. The minimum atomic E-state index is -1.33. The van der Waals surface area contributed by atoms with Crippen LogP contribution in [0.2, 0.25) is 0 Å². The zero-order valence-electron chi connectivity index (χ0n) is 6.83. The molecule has 1 N–H and O–H groups in total. The second-order valence-electron chi connectivity index (χ2n) is 2.37. The normalized spacial score (nSPS) is 10.2. The van der Waals surface area contributed by atoms with E-state index in [1.165, 1.54) is 11.6 Å². The van der Waals surface area contributed by atoms with Gasteiger partial charge in [0, 0.05) is 6.54 Å². The van der Waals surface area contributed by atoms with Crippen LogP contribution in [0.4, 0.5) is 4.39 Å². The third-order valence-electron chi connectivity index (χ3n) is 1.64. The van der Waals surface area contributed by atoms with E-state index in [1.807, 2.05) is 0 Å². The summed E-state index contributed by atoms with van der Waals surface area (Å²) in [4.78, 5) is 10.4. The van der Waals surface area contributed by atoms with Crippen LogP contribution in [0, 0.1) is 12.7 Å². The predicted octanol–water partition coefficient (Wildman–Crippen LogP) is 1.05. The molecule has 0 saturated heterocycles. The van der Waals surface area contributed by atoms with Gasteiger partial charge >= 0.3 is 5.97 Å². The number of hydrogen-bond donors (Lipinski definition) is 1. The van der Waals surface area contributed by atoms with Gasteiger partial charge < -0.3 is 5.11 Å². The Kier molecular flexibility index (Phi) is 2.12. The Bertz CT molecular complexity index is 319. The first-order valence-corrected chi connectivity index (χ1v) is 3.54. The number of aromatic nitrogens is 2. The van der Waals surface area contributed by atoms with Gasteiger partial charge in [-0.1, -0.05) is 0 Å². The Morgan fingerprint density at radius 2 is 2.33 bits per heavy atom. The average Bonchev–Trinajstić information content (AvgIpc) is 2.30. The molecule has 0 aliphatic heterocycles. The van der Waals surface area contributed by atoms with E-state index in [4.69, 9.17) is 5.11 Å². The van der Waals surface area contributed by atoms with Crippen LogP contribution in [0.1, 0.15) is 23.1 Å². The van der Waals surface area contributed by atoms with Gasteiger partial charge in [0.1, 0.15) is 0 Å². The number of hydrogen-bond acceptors (Lipinski definition) is 2. The third-order valence-corrected chi connectivity index (χ3v) is 1.64. The lowest BCUT2D eigenvalue weighted by molar-refractivity contribution is 0.0684. The molecule has 1 aromatic heterocycles. The Morgan fingerprint density at radius 3 is 2.58 bits per heavy atom. The van der Waals surface area contributed by atoms with Gasteiger partial charge in [-0.05, 0) is 13.8 Å². The molecule has 1 heterocycles. The fourth-order valence-corrected chi connectivity index (χ4v) is 0.969. The summed E-state index contributed by atoms with van der Waals surface area (Å²) in [7, 11) is 0. The van der Waals surface area contributed by atoms with Crippen molar-refractivity contribution >= 4 is 5.97 Å². The van der Waals surface area contributed by atoms with Gasteiger partial charge in [0.15, 0.2) is 5.82 Å². The van der Waals surface area contributed by atoms with E-state index in [-0.39, 0.29) is 5.69 Å². The van der Waals surface area contributed by atoms with Crippen LogP contribution < -0.4 is 0 Å². The number of carboxylic acids is 1. The average molecular weight is 172 g/mol. The van der Waals surface area contributed by atoms with Crippen LogP contribution in [0.25, 0.3) is 0 Å². The highest BCUT2D eigenvalue weighted by Crippen LogP contribution is 2.10. The molecule has 0 spiro atoms. The smallest absolute Gasteiger partial charge is 0.359 e. The maximum absolute atomic E-state index is 13.0. The Hall–Kier alpha value is -1.39. The van der Waals surface area contributed by atoms with Gasteiger partial charge in [-0.15, -0.1) is 0 Å². The summed E-state index contributed by atoms with van der Waals surface area (Å²) in [5, 5.41) is 12.1. The van der Waals surface area contributed by atoms with Crippen molar-refractivity contribution in [3.05, 3.63) is 17.2 Å². The van der Waals surface area contributed by atoms with Crippen molar-refractivity contribution in [1.82, 2.24) is 9.78 Å². The van der Waals surface area contributed by atoms with Crippen molar-refractivity contribution in [3.8, 4) is 0 Å². The quantitative estimate of drug-likeness (QED) is 0.725. The lowest BCUT2D eigenvalue weighted by Gasteiger charge is -1.95. The minimum absolute atomic E-state index is 0.259. The molecule has 4 nitrogen and oxygen atoms in total. The fraction of sp³-hybridized carbons (Fsp3) is 0.429. The van der Waals surface area contributed by atoms with E-state index in [1.54, 1.807) is 6.92 Å². The molecule has 1 rings (SSSR count). The van der Waals surface area contributed by atoms with Gasteiger partial charge in [-0.25, -0.2) is 9.18 Å². The van der Waals surface area contributed by atoms with Crippen LogP contribution >= 0.6 is 0 Å². The molecule has 0 aliphatic rings. The molecule has 66 valence electrons. The topological polar surface area (TPSA) is 55.1 Å². The molecule has 0 atom stereocenters. The number of carboxylic acid groups (broad SMARTS) is 1. The molecule has 0 radical (unpaired) electrons. The summed E-state index contributed by atoms with van der Waals surface area (Å²) in [6.45, 7) is 3.74. The molecule has 5 heteroatoms. The van der Waals surface area contributed by atoms with Gasteiger partial charge in [0.2, 0.25) is 5.69 Å². The first kappa shape index (κ1) is 8.70. The lowest BCUT2D eigenvalue weighted by Crippen LogP contribution is -2.02. The maximum Gasteiger partial charge on any atom is 0.359 e. The summed E-state index contributed by atoms with van der Waals surface area (Å²) < 4.78 is 14.3. The third kappa shape index (κ3) is 1.17. The zero-order valence-corrected chi connectivity index (χ0v) is 6.83. The monoisotopic (exact) mass is 172 g/mol. The van der Waals surface area contributed by atoms with Crippen LogP contribution in [-0.4, -0.2) is 20.9 Å². The highest BCUT2D eigenvalue weighted by atomic mass is 19.1. The molecule has 1 aromatic rings. The van der Waals surface area contributed by atoms with E-state index in [0.717, 1.165) is 0 Å². The van der Waals surface area contributed by atoms with Gasteiger partial charge in [-0.2, -0.15) is 5.10 Å². The molecule has 0 amide bonds. The highest BCUT2D eigenvalue weighted by Gasteiger charge is 2.18. The van der Waals surface area contributed by atoms with E-state index < -0.39 is 17.5 Å². The molecule has 0 aliphatic carbocycles. The van der Waals surface area contributed by atoms with Gasteiger partial charge in [-0.3, -0.25) is 4.68 Å². The summed E-state index contributed by atoms with van der Waals surface area (Å²) in [6, 6.07) is 0. The molecular formula is C7H9FN2O2. The van der Waals surface area contributed by atoms with Crippen LogP contribution in [0.15, 0.2) is 0 Å². The predicted molar refractivity (Wildman–Crippen MR) is 39.6 cm³/mol. The zero-order chi connectivity index (χ0) is 9.30. The Balaban J connectivity index is 3.25. The second-order valence-corrected chi connectivity index (χ2v) is 2.37. The molecule has 0 bridgehead atoms. The first-order chi connectivity index (χ1) is 5.57. The summed E-state index contributed by atoms with van der Waals surface area (Å²) >= 11 is 0. The Labute approximate surface area is 68.6 Å². The molecule has 0 aromatic carbocycles. The number of aryl methyl sites for hydroxylation is 1. The second kappa shape index (κ2) is 2.92. The van der Waals surface area contributed by atoms with E-state index >= 15 is 0 Å². The number of halogens is 1. The molecule has 0 fully saturated rings. The van der Waals surface area contributed by atoms with Crippen molar-refractivity contribution in [1.29, 1.82) is 0 Å². The SMILES string of the molecule is CCn1nc(C(=O)O)c(F)c1C. The minimum Gasteiger partial charge on any atom is -0.476 e. The van der Waals surface area contributed by atoms with Crippen LogP contribution in [0.5, 0.6) is 0 Å². The summed E-state index contributed by atoms with van der Waals surface area (Å²) in [5.41, 5.74) is -0.246. The molecule has 12 heavy (non-hydrogen) atoms. The van der Waals surface area contributed by atoms with Crippen molar-refractivity contribution in [2.75, 3.05) is 0 Å². The molecular weight excluding hydrogens is 163 g/mol. The van der Waals surface area contributed by atoms with Crippen molar-refractivity contribution < 1.29 is 14.3 Å².